The zero-order chi connectivity index (χ0) is 16.8. The van der Waals surface area contributed by atoms with Crippen LogP contribution in [0.25, 0.3) is 11.2 Å². The first-order valence-electron chi connectivity index (χ1n) is 6.57. The number of ether oxygens (including phenoxy) is 2. The lowest BCUT2D eigenvalue weighted by Crippen LogP contribution is -2.32. The first-order chi connectivity index (χ1) is 11.1. The average Bonchev–Trinajstić information content (AvgIpc) is 2.95. The van der Waals surface area contributed by atoms with E-state index in [0.717, 1.165) is 0 Å². The van der Waals surface area contributed by atoms with Gasteiger partial charge in [0.2, 0.25) is 5.65 Å². The van der Waals surface area contributed by atoms with Crippen LogP contribution in [0.1, 0.15) is 6.92 Å². The SMILES string of the molecule is CCOC(OC(CO)COn1cnc2c(N)ncnc21)=[P+]([O-])O. The van der Waals surface area contributed by atoms with Crippen molar-refractivity contribution in [2.75, 3.05) is 25.6 Å². The minimum Gasteiger partial charge on any atom is -0.599 e. The van der Waals surface area contributed by atoms with E-state index in [1.807, 2.05) is 0 Å². The molecule has 2 aromatic rings. The molecule has 0 radical (unpaired) electrons. The molecule has 0 bridgehead atoms. The van der Waals surface area contributed by atoms with Gasteiger partial charge in [0.15, 0.2) is 11.3 Å². The van der Waals surface area contributed by atoms with E-state index in [-0.39, 0.29) is 19.0 Å². The maximum atomic E-state index is 11.1. The molecule has 2 aromatic heterocycles. The van der Waals surface area contributed by atoms with Crippen molar-refractivity contribution in [1.82, 2.24) is 19.7 Å². The first kappa shape index (κ1) is 17.5. The smallest absolute Gasteiger partial charge is 0.398 e. The monoisotopic (exact) mass is 345 g/mol. The Balaban J connectivity index is 2.05. The fourth-order valence-electron chi connectivity index (χ4n) is 1.61. The molecule has 0 spiro atoms. The van der Waals surface area contributed by atoms with Crippen LogP contribution in [0.5, 0.6) is 0 Å². The Kier molecular flexibility index (Phi) is 6.16. The van der Waals surface area contributed by atoms with Crippen LogP contribution < -0.4 is 15.5 Å². The molecule has 2 atom stereocenters. The zero-order valence-corrected chi connectivity index (χ0v) is 13.1. The Morgan fingerprint density at radius 3 is 2.91 bits per heavy atom. The van der Waals surface area contributed by atoms with Gasteiger partial charge >= 0.3 is 5.67 Å². The van der Waals surface area contributed by atoms with Crippen molar-refractivity contribution in [2.24, 2.45) is 0 Å². The fraction of sp³-hybridized carbons (Fsp3) is 0.455. The molecule has 0 aliphatic carbocycles. The third kappa shape index (κ3) is 4.32. The summed E-state index contributed by atoms with van der Waals surface area (Å²) in [6.07, 6.45) is 1.68. The van der Waals surface area contributed by atoms with Crippen molar-refractivity contribution in [3.8, 4) is 0 Å². The summed E-state index contributed by atoms with van der Waals surface area (Å²) in [6.45, 7) is 1.18. The van der Waals surface area contributed by atoms with Gasteiger partial charge in [0, 0.05) is 0 Å². The van der Waals surface area contributed by atoms with Crippen LogP contribution in [0.15, 0.2) is 12.7 Å². The highest BCUT2D eigenvalue weighted by Crippen LogP contribution is 2.13. The Hall–Kier alpha value is -1.88. The van der Waals surface area contributed by atoms with Crippen molar-refractivity contribution in [3.05, 3.63) is 12.7 Å². The van der Waals surface area contributed by atoms with E-state index in [2.05, 4.69) is 15.0 Å². The molecule has 0 amide bonds. The van der Waals surface area contributed by atoms with E-state index in [0.29, 0.717) is 11.2 Å². The molecule has 0 fully saturated rings. The molecule has 126 valence electrons. The number of nitrogens with zero attached hydrogens (tertiary/aromatic N) is 4. The van der Waals surface area contributed by atoms with Crippen LogP contribution >= 0.6 is 8.00 Å². The number of hydrogen-bond donors (Lipinski definition) is 3. The average molecular weight is 345 g/mol. The number of nitrogen functional groups attached to an aromatic ring is 1. The standard InChI is InChI=1S/C11H16N5O6P/c1-2-20-11(23(18)19)22-7(3-17)4-21-16-6-15-8-9(12)13-5-14-10(8)16/h5-7,17H,2-4H2,1H3,(H,18,19)(H2,12,13,14). The summed E-state index contributed by atoms with van der Waals surface area (Å²) in [5.41, 5.74) is 5.90. The van der Waals surface area contributed by atoms with Crippen molar-refractivity contribution in [1.29, 1.82) is 0 Å². The second-order valence-corrected chi connectivity index (χ2v) is 5.10. The highest BCUT2D eigenvalue weighted by molar-refractivity contribution is 7.44. The van der Waals surface area contributed by atoms with Crippen molar-refractivity contribution in [2.45, 2.75) is 13.0 Å². The second kappa shape index (κ2) is 8.11. The van der Waals surface area contributed by atoms with Gasteiger partial charge in [-0.25, -0.2) is 15.0 Å². The summed E-state index contributed by atoms with van der Waals surface area (Å²) < 4.78 is 11.3. The quantitative estimate of drug-likeness (QED) is 0.456. The molecule has 2 unspecified atom stereocenters. The van der Waals surface area contributed by atoms with Gasteiger partial charge in [-0.1, -0.05) is 0 Å². The van der Waals surface area contributed by atoms with Crippen molar-refractivity contribution >= 4 is 30.6 Å². The van der Waals surface area contributed by atoms with Crippen LogP contribution in [0.4, 0.5) is 5.82 Å². The Bertz CT molecular complexity index is 689. The van der Waals surface area contributed by atoms with Crippen molar-refractivity contribution < 1.29 is 29.2 Å². The minimum atomic E-state index is -2.80. The largest absolute Gasteiger partial charge is 0.599 e. The van der Waals surface area contributed by atoms with Crippen LogP contribution in [-0.4, -0.2) is 61.3 Å². The predicted octanol–water partition coefficient (Wildman–Crippen LogP) is -2.00. The molecule has 12 heteroatoms. The molecule has 2 heterocycles. The highest BCUT2D eigenvalue weighted by Gasteiger charge is 2.20. The number of aromatic nitrogens is 4. The van der Waals surface area contributed by atoms with E-state index < -0.39 is 26.4 Å². The highest BCUT2D eigenvalue weighted by atomic mass is 31.1. The summed E-state index contributed by atoms with van der Waals surface area (Å²) in [7, 11) is -2.80. The van der Waals surface area contributed by atoms with Crippen LogP contribution in [0.3, 0.4) is 0 Å². The number of nitrogens with two attached hydrogens (primary N) is 1. The predicted molar refractivity (Wildman–Crippen MR) is 78.9 cm³/mol. The van der Waals surface area contributed by atoms with E-state index in [4.69, 9.17) is 24.9 Å². The lowest BCUT2D eigenvalue weighted by Gasteiger charge is -2.15. The van der Waals surface area contributed by atoms with E-state index in [1.165, 1.54) is 17.4 Å². The normalized spacial score (nSPS) is 13.9. The minimum absolute atomic E-state index is 0.147. The lowest BCUT2D eigenvalue weighted by atomic mass is 10.4. The van der Waals surface area contributed by atoms with Crippen LogP contribution in [0, 0.1) is 0 Å². The van der Waals surface area contributed by atoms with E-state index >= 15 is 0 Å². The number of fused-ring (bicyclic) bond motifs is 1. The topological polar surface area (TPSA) is 161 Å². The van der Waals surface area contributed by atoms with E-state index in [1.54, 1.807) is 6.92 Å². The van der Waals surface area contributed by atoms with Gasteiger partial charge in [-0.3, -0.25) is 9.47 Å². The number of anilines is 1. The summed E-state index contributed by atoms with van der Waals surface area (Å²) in [5.74, 6) is 0.205. The molecular weight excluding hydrogens is 329 g/mol. The molecule has 11 nitrogen and oxygen atoms in total. The summed E-state index contributed by atoms with van der Waals surface area (Å²) in [4.78, 5) is 37.3. The molecule has 0 aliphatic heterocycles. The number of hydrogen-bond acceptors (Lipinski definition) is 10. The number of rotatable bonds is 8. The summed E-state index contributed by atoms with van der Waals surface area (Å²) in [5, 5.41) is 9.29. The molecule has 4 N–H and O–H groups in total. The molecule has 2 rings (SSSR count). The molecule has 0 aromatic carbocycles. The Morgan fingerprint density at radius 1 is 1.48 bits per heavy atom. The molecule has 0 saturated heterocycles. The Morgan fingerprint density at radius 2 is 2.26 bits per heavy atom. The number of imidazole rings is 1. The zero-order valence-electron chi connectivity index (χ0n) is 12.2. The first-order valence-corrected chi connectivity index (χ1v) is 7.78. The van der Waals surface area contributed by atoms with E-state index in [9.17, 15) is 10.00 Å². The lowest BCUT2D eigenvalue weighted by molar-refractivity contribution is -0.169. The molecule has 23 heavy (non-hydrogen) atoms. The third-order valence-electron chi connectivity index (χ3n) is 2.63. The maximum Gasteiger partial charge on any atom is 0.398 e. The molecule has 0 aliphatic rings. The number of aliphatic hydroxyl groups is 1. The van der Waals surface area contributed by atoms with Gasteiger partial charge in [0.25, 0.3) is 8.00 Å². The second-order valence-electron chi connectivity index (χ2n) is 4.19. The van der Waals surface area contributed by atoms with Crippen LogP contribution in [0.2, 0.25) is 0 Å². The molecule has 0 saturated carbocycles. The van der Waals surface area contributed by atoms with Gasteiger partial charge in [-0.2, -0.15) is 9.62 Å². The number of aliphatic hydroxyl groups excluding tert-OH is 1. The van der Waals surface area contributed by atoms with Gasteiger partial charge in [-0.05, 0) is 6.92 Å². The summed E-state index contributed by atoms with van der Waals surface area (Å²) in [6, 6.07) is 0. The fourth-order valence-corrected chi connectivity index (χ4v) is 2.09. The van der Waals surface area contributed by atoms with Gasteiger partial charge < -0.3 is 20.6 Å². The van der Waals surface area contributed by atoms with Gasteiger partial charge in [0.05, 0.1) is 13.2 Å². The van der Waals surface area contributed by atoms with Crippen LogP contribution in [-0.2, 0) is 9.47 Å². The summed E-state index contributed by atoms with van der Waals surface area (Å²) >= 11 is 0. The van der Waals surface area contributed by atoms with Gasteiger partial charge in [-0.15, -0.1) is 0 Å². The van der Waals surface area contributed by atoms with Crippen molar-refractivity contribution in [3.63, 3.8) is 0 Å². The Labute approximate surface area is 131 Å². The van der Waals surface area contributed by atoms with Gasteiger partial charge in [0.1, 0.15) is 25.4 Å². The molecular formula is C11H16N5O6P. The third-order valence-corrected chi connectivity index (χ3v) is 3.17. The maximum absolute atomic E-state index is 11.1.